The van der Waals surface area contributed by atoms with Crippen molar-refractivity contribution < 1.29 is 23.9 Å². The summed E-state index contributed by atoms with van der Waals surface area (Å²) in [6.45, 7) is 6.46. The summed E-state index contributed by atoms with van der Waals surface area (Å²) < 4.78 is 11.2. The van der Waals surface area contributed by atoms with Gasteiger partial charge in [-0.1, -0.05) is 37.6 Å². The molecule has 0 unspecified atom stereocenters. The third kappa shape index (κ3) is 8.77. The number of anilines is 2. The monoisotopic (exact) mass is 516 g/mol. The van der Waals surface area contributed by atoms with Crippen LogP contribution in [0.1, 0.15) is 36.5 Å². The molecule has 3 rings (SSSR count). The van der Waals surface area contributed by atoms with Gasteiger partial charge in [-0.2, -0.15) is 5.10 Å². The molecule has 0 radical (unpaired) electrons. The predicted octanol–water partition coefficient (Wildman–Crippen LogP) is 4.59. The Balaban J connectivity index is 1.45. The van der Waals surface area contributed by atoms with Crippen LogP contribution in [0.2, 0.25) is 0 Å². The molecule has 0 heterocycles. The number of unbranched alkanes of at least 4 members (excludes halogenated alkanes) is 1. The first-order valence-corrected chi connectivity index (χ1v) is 12.3. The standard InChI is InChI=1S/C29H32N4O5/c1-4-5-16-37-24-14-12-23(13-15-24)31-28(35)29(36)33-30-18-22-9-7-10-25(17-22)38-19-27(34)32-26-11-6-8-20(2)21(26)3/h6-15,17-18H,4-5,16,19H2,1-3H3,(H,31,35)(H,32,34)(H,33,36)/b30-18-. The number of hydrazone groups is 1. The highest BCUT2D eigenvalue weighted by atomic mass is 16.5. The van der Waals surface area contributed by atoms with Crippen molar-refractivity contribution in [3.63, 3.8) is 0 Å². The van der Waals surface area contributed by atoms with Crippen molar-refractivity contribution in [2.45, 2.75) is 33.6 Å². The molecule has 0 bridgehead atoms. The number of ether oxygens (including phenoxy) is 2. The number of hydrogen-bond acceptors (Lipinski definition) is 6. The molecule has 198 valence electrons. The van der Waals surface area contributed by atoms with E-state index in [1.807, 2.05) is 32.0 Å². The highest BCUT2D eigenvalue weighted by Gasteiger charge is 2.13. The third-order valence-electron chi connectivity index (χ3n) is 5.57. The predicted molar refractivity (Wildman–Crippen MR) is 148 cm³/mol. The first-order valence-electron chi connectivity index (χ1n) is 12.3. The summed E-state index contributed by atoms with van der Waals surface area (Å²) in [7, 11) is 0. The molecule has 0 spiro atoms. The fourth-order valence-corrected chi connectivity index (χ4v) is 3.28. The summed E-state index contributed by atoms with van der Waals surface area (Å²) in [6.07, 6.45) is 3.37. The van der Waals surface area contributed by atoms with Crippen molar-refractivity contribution >= 4 is 35.3 Å². The lowest BCUT2D eigenvalue weighted by Crippen LogP contribution is -2.32. The van der Waals surface area contributed by atoms with Crippen LogP contribution < -0.4 is 25.5 Å². The Morgan fingerprint density at radius 3 is 2.39 bits per heavy atom. The van der Waals surface area contributed by atoms with Crippen LogP contribution in [0.15, 0.2) is 71.8 Å². The van der Waals surface area contributed by atoms with Crippen molar-refractivity contribution in [3.8, 4) is 11.5 Å². The molecule has 3 aromatic rings. The zero-order valence-corrected chi connectivity index (χ0v) is 21.7. The van der Waals surface area contributed by atoms with Crippen LogP contribution in [-0.2, 0) is 14.4 Å². The van der Waals surface area contributed by atoms with E-state index in [0.29, 0.717) is 29.4 Å². The third-order valence-corrected chi connectivity index (χ3v) is 5.57. The maximum Gasteiger partial charge on any atom is 0.329 e. The molecule has 9 heteroatoms. The van der Waals surface area contributed by atoms with E-state index in [-0.39, 0.29) is 12.5 Å². The topological polar surface area (TPSA) is 118 Å². The molecule has 3 N–H and O–H groups in total. The summed E-state index contributed by atoms with van der Waals surface area (Å²) in [4.78, 5) is 36.5. The van der Waals surface area contributed by atoms with Crippen LogP contribution in [0.4, 0.5) is 11.4 Å². The van der Waals surface area contributed by atoms with Crippen molar-refractivity contribution in [2.75, 3.05) is 23.8 Å². The molecular weight excluding hydrogens is 484 g/mol. The summed E-state index contributed by atoms with van der Waals surface area (Å²) in [5, 5.41) is 9.18. The second-order valence-corrected chi connectivity index (χ2v) is 8.54. The van der Waals surface area contributed by atoms with Gasteiger partial charge >= 0.3 is 11.8 Å². The molecule has 0 atom stereocenters. The lowest BCUT2D eigenvalue weighted by molar-refractivity contribution is -0.136. The molecule has 0 aromatic heterocycles. The molecule has 0 saturated carbocycles. The van der Waals surface area contributed by atoms with Gasteiger partial charge in [0.1, 0.15) is 11.5 Å². The van der Waals surface area contributed by atoms with E-state index in [2.05, 4.69) is 28.1 Å². The molecule has 9 nitrogen and oxygen atoms in total. The first kappa shape index (κ1) is 27.9. The molecule has 38 heavy (non-hydrogen) atoms. The summed E-state index contributed by atoms with van der Waals surface area (Å²) >= 11 is 0. The fourth-order valence-electron chi connectivity index (χ4n) is 3.28. The van der Waals surface area contributed by atoms with E-state index >= 15 is 0 Å². The van der Waals surface area contributed by atoms with Crippen LogP contribution in [-0.4, -0.2) is 37.1 Å². The first-order chi connectivity index (χ1) is 18.4. The minimum absolute atomic E-state index is 0.170. The second-order valence-electron chi connectivity index (χ2n) is 8.54. The quantitative estimate of drug-likeness (QED) is 0.149. The van der Waals surface area contributed by atoms with Gasteiger partial charge in [0.25, 0.3) is 5.91 Å². The van der Waals surface area contributed by atoms with Crippen molar-refractivity contribution in [1.82, 2.24) is 5.43 Å². The van der Waals surface area contributed by atoms with E-state index in [4.69, 9.17) is 9.47 Å². The van der Waals surface area contributed by atoms with Crippen LogP contribution in [0, 0.1) is 13.8 Å². The summed E-state index contributed by atoms with van der Waals surface area (Å²) in [5.41, 5.74) is 6.09. The Morgan fingerprint density at radius 1 is 0.868 bits per heavy atom. The van der Waals surface area contributed by atoms with E-state index < -0.39 is 11.8 Å². The Morgan fingerprint density at radius 2 is 1.63 bits per heavy atom. The molecule has 0 fully saturated rings. The van der Waals surface area contributed by atoms with Crippen LogP contribution >= 0.6 is 0 Å². The number of nitrogens with one attached hydrogen (secondary N) is 3. The fraction of sp³-hybridized carbons (Fsp3) is 0.241. The number of amides is 3. The average Bonchev–Trinajstić information content (AvgIpc) is 2.91. The lowest BCUT2D eigenvalue weighted by Gasteiger charge is -2.11. The van der Waals surface area contributed by atoms with Crippen molar-refractivity contribution in [2.24, 2.45) is 5.10 Å². The van der Waals surface area contributed by atoms with Gasteiger partial charge in [0, 0.05) is 11.4 Å². The Hall–Kier alpha value is -4.66. The minimum atomic E-state index is -0.917. The van der Waals surface area contributed by atoms with Crippen molar-refractivity contribution in [3.05, 3.63) is 83.4 Å². The van der Waals surface area contributed by atoms with Crippen LogP contribution in [0.25, 0.3) is 0 Å². The van der Waals surface area contributed by atoms with Gasteiger partial charge in [0.05, 0.1) is 12.8 Å². The van der Waals surface area contributed by atoms with Crippen LogP contribution in [0.3, 0.4) is 0 Å². The van der Waals surface area contributed by atoms with E-state index in [1.54, 1.807) is 48.5 Å². The Kier molecular flexibility index (Phi) is 10.4. The molecule has 3 amide bonds. The Bertz CT molecular complexity index is 1290. The van der Waals surface area contributed by atoms with Crippen molar-refractivity contribution in [1.29, 1.82) is 0 Å². The zero-order chi connectivity index (χ0) is 27.3. The maximum atomic E-state index is 12.3. The lowest BCUT2D eigenvalue weighted by atomic mass is 10.1. The smallest absolute Gasteiger partial charge is 0.329 e. The SMILES string of the molecule is CCCCOc1ccc(NC(=O)C(=O)N/N=C\c2cccc(OCC(=O)Nc3cccc(C)c3C)c2)cc1. The number of rotatable bonds is 11. The van der Waals surface area contributed by atoms with E-state index in [0.717, 1.165) is 29.7 Å². The zero-order valence-electron chi connectivity index (χ0n) is 21.7. The summed E-state index contributed by atoms with van der Waals surface area (Å²) in [5.74, 6) is -0.904. The van der Waals surface area contributed by atoms with E-state index in [9.17, 15) is 14.4 Å². The highest BCUT2D eigenvalue weighted by molar-refractivity contribution is 6.39. The number of carbonyl (C=O) groups excluding carboxylic acids is 3. The second kappa shape index (κ2) is 14.2. The highest BCUT2D eigenvalue weighted by Crippen LogP contribution is 2.18. The number of aryl methyl sites for hydroxylation is 1. The van der Waals surface area contributed by atoms with Gasteiger partial charge in [-0.05, 0) is 79.4 Å². The average molecular weight is 517 g/mol. The van der Waals surface area contributed by atoms with Crippen LogP contribution in [0.5, 0.6) is 11.5 Å². The van der Waals surface area contributed by atoms with Gasteiger partial charge in [0.2, 0.25) is 0 Å². The molecule has 0 aliphatic carbocycles. The van der Waals surface area contributed by atoms with E-state index in [1.165, 1.54) is 6.21 Å². The number of carbonyl (C=O) groups is 3. The molecule has 0 aliphatic heterocycles. The van der Waals surface area contributed by atoms with Gasteiger partial charge in [-0.25, -0.2) is 5.43 Å². The molecular formula is C29H32N4O5. The summed E-state index contributed by atoms with van der Waals surface area (Å²) in [6, 6.07) is 19.3. The van der Waals surface area contributed by atoms with Gasteiger partial charge in [-0.15, -0.1) is 0 Å². The van der Waals surface area contributed by atoms with Gasteiger partial charge < -0.3 is 20.1 Å². The number of benzene rings is 3. The normalized spacial score (nSPS) is 10.6. The number of nitrogens with zero attached hydrogens (tertiary/aromatic N) is 1. The molecule has 0 aliphatic rings. The Labute approximate surface area is 222 Å². The maximum absolute atomic E-state index is 12.3. The largest absolute Gasteiger partial charge is 0.494 e. The number of hydrogen-bond donors (Lipinski definition) is 3. The molecule has 0 saturated heterocycles. The van der Waals surface area contributed by atoms with Gasteiger partial charge in [0.15, 0.2) is 6.61 Å². The minimum Gasteiger partial charge on any atom is -0.494 e. The van der Waals surface area contributed by atoms with Gasteiger partial charge in [-0.3, -0.25) is 14.4 Å². The molecule has 3 aromatic carbocycles.